The summed E-state index contributed by atoms with van der Waals surface area (Å²) in [5.41, 5.74) is 5.78. The van der Waals surface area contributed by atoms with E-state index in [1.807, 2.05) is 0 Å². The largest absolute Gasteiger partial charge is 0.493 e. The van der Waals surface area contributed by atoms with Gasteiger partial charge in [-0.25, -0.2) is 0 Å². The Labute approximate surface area is 115 Å². The number of aryl methyl sites for hydroxylation is 1. The molecule has 2 aliphatic rings. The summed E-state index contributed by atoms with van der Waals surface area (Å²) in [6.45, 7) is 0.841. The van der Waals surface area contributed by atoms with E-state index >= 15 is 0 Å². The molecule has 1 saturated carbocycles. The van der Waals surface area contributed by atoms with Crippen LogP contribution in [0.3, 0.4) is 0 Å². The van der Waals surface area contributed by atoms with Gasteiger partial charge in [0.25, 0.3) is 0 Å². The average Bonchev–Trinajstić information content (AvgIpc) is 2.84. The van der Waals surface area contributed by atoms with Crippen LogP contribution in [-0.4, -0.2) is 12.6 Å². The van der Waals surface area contributed by atoms with Gasteiger partial charge in [0.2, 0.25) is 0 Å². The zero-order valence-electron chi connectivity index (χ0n) is 11.5. The van der Waals surface area contributed by atoms with Crippen LogP contribution in [0.2, 0.25) is 0 Å². The van der Waals surface area contributed by atoms with E-state index in [4.69, 9.17) is 10.6 Å². The normalized spacial score (nSPS) is 19.6. The third kappa shape index (κ3) is 3.10. The van der Waals surface area contributed by atoms with Gasteiger partial charge in [0.15, 0.2) is 0 Å². The van der Waals surface area contributed by atoms with Crippen LogP contribution in [-0.2, 0) is 12.8 Å². The lowest BCUT2D eigenvalue weighted by molar-refractivity contribution is 0.255. The molecular formula is C16H24N2O. The van der Waals surface area contributed by atoms with Crippen molar-refractivity contribution >= 4 is 0 Å². The number of hydrazine groups is 1. The van der Waals surface area contributed by atoms with E-state index in [1.54, 1.807) is 0 Å². The van der Waals surface area contributed by atoms with Gasteiger partial charge in [-0.2, -0.15) is 0 Å². The number of rotatable bonds is 6. The summed E-state index contributed by atoms with van der Waals surface area (Å²) < 4.78 is 5.54. The molecule has 104 valence electrons. The van der Waals surface area contributed by atoms with Gasteiger partial charge in [0.05, 0.1) is 6.61 Å². The average molecular weight is 260 g/mol. The summed E-state index contributed by atoms with van der Waals surface area (Å²) in [7, 11) is 0. The second-order valence-electron chi connectivity index (χ2n) is 5.98. The summed E-state index contributed by atoms with van der Waals surface area (Å²) in [6.07, 6.45) is 8.74. The Morgan fingerprint density at radius 3 is 3.00 bits per heavy atom. The van der Waals surface area contributed by atoms with Crippen molar-refractivity contribution in [1.82, 2.24) is 5.43 Å². The summed E-state index contributed by atoms with van der Waals surface area (Å²) >= 11 is 0. The highest BCUT2D eigenvalue weighted by atomic mass is 16.5. The Kier molecular flexibility index (Phi) is 4.04. The molecule has 3 heteroatoms. The van der Waals surface area contributed by atoms with Crippen molar-refractivity contribution in [3.05, 3.63) is 29.3 Å². The number of ether oxygens (including phenoxy) is 1. The second-order valence-corrected chi connectivity index (χ2v) is 5.98. The maximum absolute atomic E-state index is 5.68. The SMILES string of the molecule is NNC(CCc1ccc2c(c1)CCO2)CC1CCC1. The van der Waals surface area contributed by atoms with E-state index in [-0.39, 0.29) is 0 Å². The first-order valence-corrected chi connectivity index (χ1v) is 7.56. The van der Waals surface area contributed by atoms with E-state index in [0.29, 0.717) is 6.04 Å². The van der Waals surface area contributed by atoms with Gasteiger partial charge in [0, 0.05) is 12.5 Å². The molecule has 1 aromatic carbocycles. The van der Waals surface area contributed by atoms with Gasteiger partial charge in [0.1, 0.15) is 5.75 Å². The van der Waals surface area contributed by atoms with E-state index in [2.05, 4.69) is 23.6 Å². The fraction of sp³-hybridized carbons (Fsp3) is 0.625. The second kappa shape index (κ2) is 5.93. The van der Waals surface area contributed by atoms with Crippen LogP contribution in [0.1, 0.15) is 43.2 Å². The van der Waals surface area contributed by atoms with Crippen molar-refractivity contribution in [2.24, 2.45) is 11.8 Å². The van der Waals surface area contributed by atoms with Gasteiger partial charge < -0.3 is 4.74 Å². The molecular weight excluding hydrogens is 236 g/mol. The quantitative estimate of drug-likeness (QED) is 0.610. The molecule has 0 saturated heterocycles. The smallest absolute Gasteiger partial charge is 0.122 e. The first-order chi connectivity index (χ1) is 9.35. The number of benzene rings is 1. The number of hydrogen-bond donors (Lipinski definition) is 2. The van der Waals surface area contributed by atoms with Gasteiger partial charge in [-0.05, 0) is 42.4 Å². The lowest BCUT2D eigenvalue weighted by Gasteiger charge is -2.29. The third-order valence-corrected chi connectivity index (χ3v) is 4.61. The van der Waals surface area contributed by atoms with E-state index < -0.39 is 0 Å². The molecule has 1 aromatic rings. The Hall–Kier alpha value is -1.06. The summed E-state index contributed by atoms with van der Waals surface area (Å²) in [6, 6.07) is 7.09. The molecule has 3 rings (SSSR count). The van der Waals surface area contributed by atoms with Gasteiger partial charge in [-0.15, -0.1) is 0 Å². The molecule has 1 heterocycles. The van der Waals surface area contributed by atoms with E-state index in [1.165, 1.54) is 36.8 Å². The molecule has 1 atom stereocenters. The predicted octanol–water partition coefficient (Wildman–Crippen LogP) is 2.58. The van der Waals surface area contributed by atoms with Crippen LogP contribution in [0.5, 0.6) is 5.75 Å². The molecule has 3 N–H and O–H groups in total. The van der Waals surface area contributed by atoms with Crippen LogP contribution in [0.25, 0.3) is 0 Å². The Morgan fingerprint density at radius 2 is 2.26 bits per heavy atom. The van der Waals surface area contributed by atoms with Crippen molar-refractivity contribution in [3.8, 4) is 5.75 Å². The first-order valence-electron chi connectivity index (χ1n) is 7.56. The molecule has 0 bridgehead atoms. The fourth-order valence-electron chi connectivity index (χ4n) is 3.14. The highest BCUT2D eigenvalue weighted by Gasteiger charge is 2.21. The maximum atomic E-state index is 5.68. The van der Waals surface area contributed by atoms with Crippen LogP contribution in [0, 0.1) is 5.92 Å². The molecule has 0 aromatic heterocycles. The molecule has 0 spiro atoms. The summed E-state index contributed by atoms with van der Waals surface area (Å²) in [4.78, 5) is 0. The standard InChI is InChI=1S/C16H24N2O/c17-18-15(11-12-2-1-3-12)6-4-13-5-7-16-14(10-13)8-9-19-16/h5,7,10,12,15,18H,1-4,6,8-9,11,17H2. The highest BCUT2D eigenvalue weighted by Crippen LogP contribution is 2.31. The van der Waals surface area contributed by atoms with Crippen LogP contribution in [0.4, 0.5) is 0 Å². The molecule has 1 fully saturated rings. The lowest BCUT2D eigenvalue weighted by Crippen LogP contribution is -2.38. The number of nitrogens with one attached hydrogen (secondary N) is 1. The molecule has 0 amide bonds. The monoisotopic (exact) mass is 260 g/mol. The molecule has 0 radical (unpaired) electrons. The topological polar surface area (TPSA) is 47.3 Å². The van der Waals surface area contributed by atoms with Crippen molar-refractivity contribution in [2.75, 3.05) is 6.61 Å². The van der Waals surface area contributed by atoms with Gasteiger partial charge in [-0.1, -0.05) is 31.4 Å². The molecule has 1 unspecified atom stereocenters. The predicted molar refractivity (Wildman–Crippen MR) is 77.0 cm³/mol. The van der Waals surface area contributed by atoms with Crippen molar-refractivity contribution in [2.45, 2.75) is 51.0 Å². The highest BCUT2D eigenvalue weighted by molar-refractivity contribution is 5.39. The molecule has 19 heavy (non-hydrogen) atoms. The fourth-order valence-corrected chi connectivity index (χ4v) is 3.14. The Morgan fingerprint density at radius 1 is 1.37 bits per heavy atom. The van der Waals surface area contributed by atoms with Crippen molar-refractivity contribution < 1.29 is 4.74 Å². The van der Waals surface area contributed by atoms with Gasteiger partial charge in [-0.3, -0.25) is 11.3 Å². The van der Waals surface area contributed by atoms with Crippen LogP contribution < -0.4 is 16.0 Å². The zero-order valence-corrected chi connectivity index (χ0v) is 11.5. The minimum absolute atomic E-state index is 0.467. The van der Waals surface area contributed by atoms with Crippen molar-refractivity contribution in [1.29, 1.82) is 0 Å². The number of hydrogen-bond acceptors (Lipinski definition) is 3. The Bertz CT molecular complexity index is 429. The van der Waals surface area contributed by atoms with Gasteiger partial charge >= 0.3 is 0 Å². The summed E-state index contributed by atoms with van der Waals surface area (Å²) in [5.74, 6) is 7.67. The summed E-state index contributed by atoms with van der Waals surface area (Å²) in [5, 5.41) is 0. The van der Waals surface area contributed by atoms with E-state index in [9.17, 15) is 0 Å². The van der Waals surface area contributed by atoms with Crippen LogP contribution in [0.15, 0.2) is 18.2 Å². The number of nitrogens with two attached hydrogens (primary N) is 1. The van der Waals surface area contributed by atoms with Crippen molar-refractivity contribution in [3.63, 3.8) is 0 Å². The van der Waals surface area contributed by atoms with Crippen LogP contribution >= 0.6 is 0 Å². The lowest BCUT2D eigenvalue weighted by atomic mass is 9.80. The maximum Gasteiger partial charge on any atom is 0.122 e. The third-order valence-electron chi connectivity index (χ3n) is 4.61. The van der Waals surface area contributed by atoms with E-state index in [0.717, 1.165) is 37.5 Å². The Balaban J connectivity index is 1.52. The molecule has 1 aliphatic heterocycles. The number of fused-ring (bicyclic) bond motifs is 1. The molecule has 3 nitrogen and oxygen atoms in total. The molecule has 1 aliphatic carbocycles. The minimum atomic E-state index is 0.467. The zero-order chi connectivity index (χ0) is 13.1. The first kappa shape index (κ1) is 12.9. The minimum Gasteiger partial charge on any atom is -0.493 e.